The molecule has 2 aliphatic rings. The molecule has 0 bridgehead atoms. The minimum absolute atomic E-state index is 0.331. The second-order valence-corrected chi connectivity index (χ2v) is 5.62. The lowest BCUT2D eigenvalue weighted by atomic mass is 9.82. The highest BCUT2D eigenvalue weighted by Gasteiger charge is 2.26. The summed E-state index contributed by atoms with van der Waals surface area (Å²) in [4.78, 5) is 11.8. The summed E-state index contributed by atoms with van der Waals surface area (Å²) in [6.45, 7) is 5.18. The van der Waals surface area contributed by atoms with Crippen molar-refractivity contribution in [1.29, 1.82) is 0 Å². The first-order valence-corrected chi connectivity index (χ1v) is 7.00. The summed E-state index contributed by atoms with van der Waals surface area (Å²) in [7, 11) is 2.17. The molecule has 2 fully saturated rings. The molecule has 1 aliphatic heterocycles. The van der Waals surface area contributed by atoms with Crippen molar-refractivity contribution in [3.8, 4) is 0 Å². The molecule has 0 spiro atoms. The van der Waals surface area contributed by atoms with Gasteiger partial charge in [0.05, 0.1) is 6.04 Å². The molecule has 0 amide bonds. The maximum atomic E-state index is 4.84. The third kappa shape index (κ3) is 2.27. The van der Waals surface area contributed by atoms with Gasteiger partial charge >= 0.3 is 0 Å². The van der Waals surface area contributed by atoms with Gasteiger partial charge in [-0.1, -0.05) is 6.42 Å². The van der Waals surface area contributed by atoms with Gasteiger partial charge in [0.2, 0.25) is 0 Å². The molecule has 1 unspecified atom stereocenters. The van der Waals surface area contributed by atoms with E-state index in [-0.39, 0.29) is 0 Å². The fourth-order valence-electron chi connectivity index (χ4n) is 2.77. The quantitative estimate of drug-likeness (QED) is 0.861. The summed E-state index contributed by atoms with van der Waals surface area (Å²) < 4.78 is 0. The second kappa shape index (κ2) is 4.94. The number of aromatic nitrogens is 2. The van der Waals surface area contributed by atoms with Gasteiger partial charge in [-0.05, 0) is 32.9 Å². The summed E-state index contributed by atoms with van der Waals surface area (Å²) in [5.74, 6) is 1.69. The van der Waals surface area contributed by atoms with Crippen molar-refractivity contribution in [3.05, 3.63) is 23.3 Å². The van der Waals surface area contributed by atoms with E-state index in [2.05, 4.69) is 35.2 Å². The van der Waals surface area contributed by atoms with Crippen LogP contribution in [0.15, 0.2) is 6.07 Å². The van der Waals surface area contributed by atoms with Gasteiger partial charge in [0.1, 0.15) is 5.82 Å². The Morgan fingerprint density at radius 1 is 1.33 bits per heavy atom. The molecular formula is C14H22N4. The fraction of sp³-hybridized carbons (Fsp3) is 0.714. The van der Waals surface area contributed by atoms with Crippen molar-refractivity contribution in [1.82, 2.24) is 20.2 Å². The number of nitrogens with one attached hydrogen (secondary N) is 1. The van der Waals surface area contributed by atoms with Gasteiger partial charge in [-0.15, -0.1) is 0 Å². The number of hydrogen-bond acceptors (Lipinski definition) is 4. The fourth-order valence-corrected chi connectivity index (χ4v) is 2.77. The standard InChI is InChI=1S/C14H22N4/c1-10-8-12(11-4-3-5-11)17-14(16-10)13-9-15-6-7-18(13)2/h8,11,13,15H,3-7,9H2,1-2H3. The molecule has 98 valence electrons. The maximum Gasteiger partial charge on any atom is 0.147 e. The molecule has 0 radical (unpaired) electrons. The zero-order valence-corrected chi connectivity index (χ0v) is 11.3. The van der Waals surface area contributed by atoms with Crippen LogP contribution in [0.4, 0.5) is 0 Å². The highest BCUT2D eigenvalue weighted by atomic mass is 15.2. The van der Waals surface area contributed by atoms with Gasteiger partial charge in [0.25, 0.3) is 0 Å². The minimum atomic E-state index is 0.331. The van der Waals surface area contributed by atoms with E-state index >= 15 is 0 Å². The van der Waals surface area contributed by atoms with Gasteiger partial charge in [0, 0.05) is 36.9 Å². The average molecular weight is 246 g/mol. The number of piperazine rings is 1. The molecule has 1 aromatic rings. The Balaban J connectivity index is 1.88. The van der Waals surface area contributed by atoms with Crippen LogP contribution in [0.2, 0.25) is 0 Å². The van der Waals surface area contributed by atoms with E-state index < -0.39 is 0 Å². The van der Waals surface area contributed by atoms with E-state index in [0.717, 1.165) is 31.2 Å². The summed E-state index contributed by atoms with van der Waals surface area (Å²) >= 11 is 0. The first-order valence-electron chi connectivity index (χ1n) is 7.00. The van der Waals surface area contributed by atoms with E-state index in [0.29, 0.717) is 12.0 Å². The Kier molecular flexibility index (Phi) is 3.31. The molecule has 1 saturated carbocycles. The normalized spacial score (nSPS) is 26.0. The lowest BCUT2D eigenvalue weighted by molar-refractivity contribution is 0.193. The summed E-state index contributed by atoms with van der Waals surface area (Å²) in [5.41, 5.74) is 2.38. The van der Waals surface area contributed by atoms with Crippen LogP contribution in [0, 0.1) is 6.92 Å². The Hall–Kier alpha value is -1.00. The van der Waals surface area contributed by atoms with Crippen LogP contribution >= 0.6 is 0 Å². The summed E-state index contributed by atoms with van der Waals surface area (Å²) in [6.07, 6.45) is 3.96. The number of hydrogen-bond donors (Lipinski definition) is 1. The van der Waals surface area contributed by atoms with Crippen LogP contribution in [0.25, 0.3) is 0 Å². The predicted octanol–water partition coefficient (Wildman–Crippen LogP) is 1.63. The first-order chi connectivity index (χ1) is 8.74. The van der Waals surface area contributed by atoms with Crippen LogP contribution in [-0.4, -0.2) is 41.5 Å². The van der Waals surface area contributed by atoms with Crippen LogP contribution in [0.5, 0.6) is 0 Å². The largest absolute Gasteiger partial charge is 0.313 e. The van der Waals surface area contributed by atoms with Crippen LogP contribution in [0.3, 0.4) is 0 Å². The van der Waals surface area contributed by atoms with Crippen molar-refractivity contribution in [2.45, 2.75) is 38.1 Å². The molecular weight excluding hydrogens is 224 g/mol. The summed E-state index contributed by atoms with van der Waals surface area (Å²) in [5, 5.41) is 3.44. The zero-order chi connectivity index (χ0) is 12.5. The third-order valence-corrected chi connectivity index (χ3v) is 4.22. The van der Waals surface area contributed by atoms with Crippen molar-refractivity contribution < 1.29 is 0 Å². The molecule has 2 heterocycles. The van der Waals surface area contributed by atoms with E-state index in [4.69, 9.17) is 4.98 Å². The molecule has 1 saturated heterocycles. The van der Waals surface area contributed by atoms with Gasteiger partial charge in [-0.25, -0.2) is 9.97 Å². The number of rotatable bonds is 2. The van der Waals surface area contributed by atoms with Gasteiger partial charge in [-0.2, -0.15) is 0 Å². The number of likely N-dealkylation sites (N-methyl/N-ethyl adjacent to an activating group) is 1. The van der Waals surface area contributed by atoms with Crippen molar-refractivity contribution in [3.63, 3.8) is 0 Å². The highest BCUT2D eigenvalue weighted by Crippen LogP contribution is 2.35. The van der Waals surface area contributed by atoms with Crippen LogP contribution in [-0.2, 0) is 0 Å². The molecule has 4 nitrogen and oxygen atoms in total. The molecule has 4 heteroatoms. The zero-order valence-electron chi connectivity index (χ0n) is 11.3. The van der Waals surface area contributed by atoms with Crippen LogP contribution < -0.4 is 5.32 Å². The maximum absolute atomic E-state index is 4.84. The van der Waals surface area contributed by atoms with Crippen molar-refractivity contribution in [2.24, 2.45) is 0 Å². The van der Waals surface area contributed by atoms with Gasteiger partial charge in [-0.3, -0.25) is 4.90 Å². The van der Waals surface area contributed by atoms with Crippen molar-refractivity contribution >= 4 is 0 Å². The van der Waals surface area contributed by atoms with E-state index in [1.165, 1.54) is 25.0 Å². The molecule has 1 atom stereocenters. The van der Waals surface area contributed by atoms with Gasteiger partial charge < -0.3 is 5.32 Å². The number of aryl methyl sites for hydroxylation is 1. The molecule has 0 aromatic carbocycles. The lowest BCUT2D eigenvalue weighted by Crippen LogP contribution is -2.44. The topological polar surface area (TPSA) is 41.1 Å². The number of nitrogens with zero attached hydrogens (tertiary/aromatic N) is 3. The van der Waals surface area contributed by atoms with Gasteiger partial charge in [0.15, 0.2) is 0 Å². The Morgan fingerprint density at radius 2 is 2.17 bits per heavy atom. The third-order valence-electron chi connectivity index (χ3n) is 4.22. The molecule has 1 aromatic heterocycles. The molecule has 18 heavy (non-hydrogen) atoms. The Bertz CT molecular complexity index is 428. The molecule has 1 aliphatic carbocycles. The summed E-state index contributed by atoms with van der Waals surface area (Å²) in [6, 6.07) is 2.50. The monoisotopic (exact) mass is 246 g/mol. The smallest absolute Gasteiger partial charge is 0.147 e. The second-order valence-electron chi connectivity index (χ2n) is 5.62. The predicted molar refractivity (Wildman–Crippen MR) is 71.6 cm³/mol. The Labute approximate surface area is 109 Å². The molecule has 3 rings (SSSR count). The van der Waals surface area contributed by atoms with E-state index in [9.17, 15) is 0 Å². The van der Waals surface area contributed by atoms with E-state index in [1.54, 1.807) is 0 Å². The molecule has 1 N–H and O–H groups in total. The SMILES string of the molecule is Cc1cc(C2CCC2)nc(C2CNCCN2C)n1. The highest BCUT2D eigenvalue weighted by molar-refractivity contribution is 5.18. The Morgan fingerprint density at radius 3 is 2.83 bits per heavy atom. The average Bonchev–Trinajstić information content (AvgIpc) is 2.26. The van der Waals surface area contributed by atoms with Crippen LogP contribution in [0.1, 0.15) is 48.4 Å². The van der Waals surface area contributed by atoms with Crippen molar-refractivity contribution in [2.75, 3.05) is 26.7 Å². The first kappa shape index (κ1) is 12.1. The van der Waals surface area contributed by atoms with E-state index in [1.807, 2.05) is 0 Å². The minimum Gasteiger partial charge on any atom is -0.313 e. The lowest BCUT2D eigenvalue weighted by Gasteiger charge is -2.33.